The van der Waals surface area contributed by atoms with Gasteiger partial charge in [-0.1, -0.05) is 20.8 Å². The number of nitrogens with zero attached hydrogens (tertiary/aromatic N) is 1. The van der Waals surface area contributed by atoms with Crippen molar-refractivity contribution < 1.29 is 22.4 Å². The van der Waals surface area contributed by atoms with Gasteiger partial charge >= 0.3 is 0 Å². The molecule has 1 atom stereocenters. The first-order valence-electron chi connectivity index (χ1n) is 8.60. The standard InChI is InChI=1S/C17H27F4NO/c1-4-15(3,5-2)13-10-17(20,21)11-22(13)14(23)12-6-8-16(18,19)9-7-12/h12-13H,4-11H2,1-3H3. The van der Waals surface area contributed by atoms with Crippen LogP contribution in [0.5, 0.6) is 0 Å². The molecule has 2 aliphatic rings. The minimum atomic E-state index is -2.88. The molecule has 0 radical (unpaired) electrons. The van der Waals surface area contributed by atoms with E-state index < -0.39 is 30.3 Å². The Morgan fingerprint density at radius 3 is 2.09 bits per heavy atom. The van der Waals surface area contributed by atoms with Gasteiger partial charge in [0.15, 0.2) is 0 Å². The first-order valence-corrected chi connectivity index (χ1v) is 8.60. The molecule has 1 saturated carbocycles. The number of hydrogen-bond donors (Lipinski definition) is 0. The van der Waals surface area contributed by atoms with Gasteiger partial charge in [-0.3, -0.25) is 4.79 Å². The lowest BCUT2D eigenvalue weighted by atomic mass is 9.75. The molecule has 1 amide bonds. The lowest BCUT2D eigenvalue weighted by Crippen LogP contribution is -2.48. The van der Waals surface area contributed by atoms with Crippen LogP contribution in [0.3, 0.4) is 0 Å². The zero-order chi connectivity index (χ0) is 17.5. The van der Waals surface area contributed by atoms with Gasteiger partial charge in [-0.15, -0.1) is 0 Å². The summed E-state index contributed by atoms with van der Waals surface area (Å²) in [6.45, 7) is 5.26. The van der Waals surface area contributed by atoms with Crippen LogP contribution >= 0.6 is 0 Å². The summed E-state index contributed by atoms with van der Waals surface area (Å²) < 4.78 is 54.5. The van der Waals surface area contributed by atoms with Gasteiger partial charge in [-0.25, -0.2) is 17.6 Å². The number of hydrogen-bond acceptors (Lipinski definition) is 1. The zero-order valence-corrected chi connectivity index (χ0v) is 14.2. The van der Waals surface area contributed by atoms with Crippen molar-refractivity contribution in [3.63, 3.8) is 0 Å². The highest BCUT2D eigenvalue weighted by Gasteiger charge is 2.53. The number of alkyl halides is 4. The van der Waals surface area contributed by atoms with Gasteiger partial charge in [-0.05, 0) is 31.1 Å². The minimum absolute atomic E-state index is 0.0928. The molecule has 2 fully saturated rings. The zero-order valence-electron chi connectivity index (χ0n) is 14.2. The van der Waals surface area contributed by atoms with E-state index in [0.29, 0.717) is 12.8 Å². The van der Waals surface area contributed by atoms with Crippen molar-refractivity contribution in [3.8, 4) is 0 Å². The molecule has 134 valence electrons. The molecule has 0 spiro atoms. The van der Waals surface area contributed by atoms with Crippen LogP contribution in [-0.2, 0) is 4.79 Å². The Bertz CT molecular complexity index is 438. The Balaban J connectivity index is 2.16. The first-order chi connectivity index (χ1) is 10.5. The molecule has 1 unspecified atom stereocenters. The molecule has 2 nitrogen and oxygen atoms in total. The van der Waals surface area contributed by atoms with Crippen LogP contribution in [0.4, 0.5) is 17.6 Å². The van der Waals surface area contributed by atoms with Crippen molar-refractivity contribution in [1.29, 1.82) is 0 Å². The highest BCUT2D eigenvalue weighted by atomic mass is 19.3. The highest BCUT2D eigenvalue weighted by Crippen LogP contribution is 2.46. The van der Waals surface area contributed by atoms with Crippen LogP contribution in [0, 0.1) is 11.3 Å². The Labute approximate surface area is 135 Å². The number of carbonyl (C=O) groups excluding carboxylic acids is 1. The van der Waals surface area contributed by atoms with Gasteiger partial charge in [0, 0.05) is 31.2 Å². The summed E-state index contributed by atoms with van der Waals surface area (Å²) in [5, 5.41) is 0. The highest BCUT2D eigenvalue weighted by molar-refractivity contribution is 5.80. The Kier molecular flexibility index (Phi) is 5.03. The first kappa shape index (κ1) is 18.5. The van der Waals surface area contributed by atoms with E-state index in [0.717, 1.165) is 0 Å². The third kappa shape index (κ3) is 3.82. The molecule has 0 aromatic heterocycles. The van der Waals surface area contributed by atoms with Crippen LogP contribution < -0.4 is 0 Å². The molecule has 0 N–H and O–H groups in total. The number of likely N-dealkylation sites (tertiary alicyclic amines) is 1. The second-order valence-corrected chi connectivity index (χ2v) is 7.53. The third-order valence-electron chi connectivity index (χ3n) is 6.04. The molecule has 0 aromatic rings. The number of amides is 1. The Morgan fingerprint density at radius 1 is 1.09 bits per heavy atom. The fourth-order valence-electron chi connectivity index (χ4n) is 3.91. The van der Waals surface area contributed by atoms with Crippen LogP contribution in [0.1, 0.15) is 65.7 Å². The summed E-state index contributed by atoms with van der Waals surface area (Å²) in [6.07, 6.45) is 0.632. The number of carbonyl (C=O) groups is 1. The van der Waals surface area contributed by atoms with Crippen molar-refractivity contribution in [2.75, 3.05) is 6.54 Å². The van der Waals surface area contributed by atoms with Crippen molar-refractivity contribution in [1.82, 2.24) is 4.90 Å². The molecule has 1 heterocycles. The second kappa shape index (κ2) is 6.25. The largest absolute Gasteiger partial charge is 0.333 e. The fraction of sp³-hybridized carbons (Fsp3) is 0.941. The van der Waals surface area contributed by atoms with Crippen LogP contribution in [0.2, 0.25) is 0 Å². The molecule has 0 aromatic carbocycles. The summed E-state index contributed by atoms with van der Waals surface area (Å²) in [4.78, 5) is 14.0. The fourth-order valence-corrected chi connectivity index (χ4v) is 3.91. The molecule has 6 heteroatoms. The van der Waals surface area contributed by atoms with Crippen molar-refractivity contribution in [2.24, 2.45) is 11.3 Å². The van der Waals surface area contributed by atoms with E-state index in [4.69, 9.17) is 0 Å². The van der Waals surface area contributed by atoms with Crippen LogP contribution in [0.25, 0.3) is 0 Å². The van der Waals surface area contributed by atoms with Crippen LogP contribution in [-0.4, -0.2) is 35.2 Å². The quantitative estimate of drug-likeness (QED) is 0.670. The molecule has 2 rings (SSSR count). The molecule has 0 bridgehead atoms. The summed E-state index contributed by atoms with van der Waals surface area (Å²) >= 11 is 0. The normalized spacial score (nSPS) is 28.1. The van der Waals surface area contributed by atoms with Gasteiger partial charge in [0.05, 0.1) is 6.54 Å². The summed E-state index contributed by atoms with van der Waals surface area (Å²) in [5.41, 5.74) is -0.367. The molecular weight excluding hydrogens is 310 g/mol. The van der Waals surface area contributed by atoms with E-state index in [1.54, 1.807) is 0 Å². The Morgan fingerprint density at radius 2 is 1.61 bits per heavy atom. The average Bonchev–Trinajstić information content (AvgIpc) is 2.82. The maximum Gasteiger partial charge on any atom is 0.267 e. The van der Waals surface area contributed by atoms with Gasteiger partial charge in [0.25, 0.3) is 5.92 Å². The molecule has 1 aliphatic heterocycles. The maximum atomic E-state index is 14.0. The molecule has 1 aliphatic carbocycles. The van der Waals surface area contributed by atoms with E-state index >= 15 is 0 Å². The summed E-state index contributed by atoms with van der Waals surface area (Å²) in [7, 11) is 0. The lowest BCUT2D eigenvalue weighted by molar-refractivity contribution is -0.143. The van der Waals surface area contributed by atoms with E-state index in [2.05, 4.69) is 0 Å². The summed E-state index contributed by atoms with van der Waals surface area (Å²) in [5.74, 6) is -6.49. The van der Waals surface area contributed by atoms with Gasteiger partial charge in [-0.2, -0.15) is 0 Å². The van der Waals surface area contributed by atoms with Crippen molar-refractivity contribution in [3.05, 3.63) is 0 Å². The smallest absolute Gasteiger partial charge is 0.267 e. The lowest BCUT2D eigenvalue weighted by Gasteiger charge is -2.41. The van der Waals surface area contributed by atoms with Crippen LogP contribution in [0.15, 0.2) is 0 Å². The van der Waals surface area contributed by atoms with Crippen molar-refractivity contribution >= 4 is 5.91 Å². The van der Waals surface area contributed by atoms with Gasteiger partial charge in [0.2, 0.25) is 11.8 Å². The average molecular weight is 337 g/mol. The Hall–Kier alpha value is -0.810. The number of rotatable bonds is 4. The minimum Gasteiger partial charge on any atom is -0.333 e. The maximum absolute atomic E-state index is 14.0. The summed E-state index contributed by atoms with van der Waals surface area (Å²) in [6, 6.07) is -0.512. The number of halogens is 4. The predicted octanol–water partition coefficient (Wildman–Crippen LogP) is 4.87. The van der Waals surface area contributed by atoms with Crippen molar-refractivity contribution in [2.45, 2.75) is 83.6 Å². The third-order valence-corrected chi connectivity index (χ3v) is 6.04. The molecular formula is C17H27F4NO. The monoisotopic (exact) mass is 337 g/mol. The van der Waals surface area contributed by atoms with E-state index in [1.165, 1.54) is 4.90 Å². The second-order valence-electron chi connectivity index (χ2n) is 7.53. The molecule has 23 heavy (non-hydrogen) atoms. The topological polar surface area (TPSA) is 20.3 Å². The van der Waals surface area contributed by atoms with Gasteiger partial charge < -0.3 is 4.90 Å². The SMILES string of the molecule is CCC(C)(CC)C1CC(F)(F)CN1C(=O)C1CCC(F)(F)CC1. The predicted molar refractivity (Wildman–Crippen MR) is 80.7 cm³/mol. The van der Waals surface area contributed by atoms with Gasteiger partial charge in [0.1, 0.15) is 0 Å². The van der Waals surface area contributed by atoms with E-state index in [-0.39, 0.29) is 43.4 Å². The van der Waals surface area contributed by atoms with E-state index in [9.17, 15) is 22.4 Å². The molecule has 1 saturated heterocycles. The van der Waals surface area contributed by atoms with E-state index in [1.807, 2.05) is 20.8 Å².